The molecule has 2 aromatic rings. The molecule has 0 radical (unpaired) electrons. The molecule has 102 valence electrons. The molecule has 1 heterocycles. The first-order valence-corrected chi connectivity index (χ1v) is 5.56. The lowest BCUT2D eigenvalue weighted by atomic mass is 10.1. The lowest BCUT2D eigenvalue weighted by Gasteiger charge is -2.08. The first-order valence-electron chi connectivity index (χ1n) is 5.56. The molecule has 0 saturated heterocycles. The van der Waals surface area contributed by atoms with E-state index in [0.29, 0.717) is 5.69 Å². The average molecular weight is 273 g/mol. The maximum Gasteiger partial charge on any atom is 0.337 e. The van der Waals surface area contributed by atoms with Crippen molar-refractivity contribution in [3.05, 3.63) is 47.8 Å². The maximum absolute atomic E-state index is 11.9. The standard InChI is InChI=1S/C13H11N3O4/c14-7-1-3-11(15-6-7)12(18)16-10-4-2-8(17)5-9(10)13(19)20/h1-6,17H,14H2,(H,16,18)(H,19,20). The van der Waals surface area contributed by atoms with Crippen molar-refractivity contribution in [3.63, 3.8) is 0 Å². The minimum Gasteiger partial charge on any atom is -0.508 e. The van der Waals surface area contributed by atoms with Crippen LogP contribution < -0.4 is 11.1 Å². The number of carboxylic acids is 1. The zero-order chi connectivity index (χ0) is 14.7. The molecule has 0 aliphatic heterocycles. The van der Waals surface area contributed by atoms with Crippen LogP contribution in [-0.2, 0) is 0 Å². The van der Waals surface area contributed by atoms with Crippen molar-refractivity contribution in [2.45, 2.75) is 0 Å². The van der Waals surface area contributed by atoms with E-state index in [4.69, 9.17) is 10.8 Å². The van der Waals surface area contributed by atoms with Gasteiger partial charge in [-0.2, -0.15) is 0 Å². The Kier molecular flexibility index (Phi) is 3.52. The maximum atomic E-state index is 11.9. The summed E-state index contributed by atoms with van der Waals surface area (Å²) in [6.45, 7) is 0. The van der Waals surface area contributed by atoms with Gasteiger partial charge in [0, 0.05) is 0 Å². The molecule has 1 aromatic heterocycles. The normalized spacial score (nSPS) is 10.0. The molecule has 0 saturated carbocycles. The van der Waals surface area contributed by atoms with Crippen LogP contribution in [0.2, 0.25) is 0 Å². The monoisotopic (exact) mass is 273 g/mol. The van der Waals surface area contributed by atoms with Gasteiger partial charge in [-0.05, 0) is 30.3 Å². The summed E-state index contributed by atoms with van der Waals surface area (Å²) in [7, 11) is 0. The summed E-state index contributed by atoms with van der Waals surface area (Å²) in [6, 6.07) is 6.56. The smallest absolute Gasteiger partial charge is 0.337 e. The Hall–Kier alpha value is -3.09. The summed E-state index contributed by atoms with van der Waals surface area (Å²) in [5, 5.41) is 20.7. The van der Waals surface area contributed by atoms with Gasteiger partial charge in [-0.3, -0.25) is 4.79 Å². The van der Waals surface area contributed by atoms with Crippen molar-refractivity contribution in [1.82, 2.24) is 4.98 Å². The van der Waals surface area contributed by atoms with E-state index in [2.05, 4.69) is 10.3 Å². The van der Waals surface area contributed by atoms with Gasteiger partial charge in [-0.15, -0.1) is 0 Å². The Labute approximate surface area is 113 Å². The van der Waals surface area contributed by atoms with Crippen LogP contribution in [0.1, 0.15) is 20.8 Å². The molecule has 0 aliphatic rings. The largest absolute Gasteiger partial charge is 0.508 e. The Balaban J connectivity index is 2.28. The summed E-state index contributed by atoms with van der Waals surface area (Å²) in [5.41, 5.74) is 5.83. The predicted octanol–water partition coefficient (Wildman–Crippen LogP) is 1.32. The van der Waals surface area contributed by atoms with Crippen molar-refractivity contribution < 1.29 is 19.8 Å². The van der Waals surface area contributed by atoms with E-state index in [9.17, 15) is 14.7 Å². The molecular weight excluding hydrogens is 262 g/mol. The number of pyridine rings is 1. The molecule has 7 nitrogen and oxygen atoms in total. The van der Waals surface area contributed by atoms with Crippen LogP contribution >= 0.6 is 0 Å². The van der Waals surface area contributed by atoms with Crippen LogP contribution in [-0.4, -0.2) is 27.1 Å². The highest BCUT2D eigenvalue weighted by Gasteiger charge is 2.15. The fourth-order valence-corrected chi connectivity index (χ4v) is 1.54. The van der Waals surface area contributed by atoms with E-state index in [1.807, 2.05) is 0 Å². The highest BCUT2D eigenvalue weighted by molar-refractivity contribution is 6.06. The fraction of sp³-hybridized carbons (Fsp3) is 0. The summed E-state index contributed by atoms with van der Waals surface area (Å²) < 4.78 is 0. The molecule has 0 unspecified atom stereocenters. The van der Waals surface area contributed by atoms with Gasteiger partial charge in [0.05, 0.1) is 23.1 Å². The lowest BCUT2D eigenvalue weighted by molar-refractivity contribution is 0.0697. The van der Waals surface area contributed by atoms with Crippen LogP contribution in [0.15, 0.2) is 36.5 Å². The van der Waals surface area contributed by atoms with E-state index >= 15 is 0 Å². The zero-order valence-electron chi connectivity index (χ0n) is 10.2. The van der Waals surface area contributed by atoms with E-state index in [0.717, 1.165) is 6.07 Å². The highest BCUT2D eigenvalue weighted by Crippen LogP contribution is 2.21. The van der Waals surface area contributed by atoms with Gasteiger partial charge in [0.15, 0.2) is 0 Å². The molecule has 0 bridgehead atoms. The molecule has 0 aliphatic carbocycles. The summed E-state index contributed by atoms with van der Waals surface area (Å²) >= 11 is 0. The number of phenols is 1. The number of phenolic OH excluding ortho intramolecular Hbond substituents is 1. The Morgan fingerprint density at radius 2 is 1.95 bits per heavy atom. The Morgan fingerprint density at radius 1 is 1.20 bits per heavy atom. The van der Waals surface area contributed by atoms with Crippen molar-refractivity contribution in [2.75, 3.05) is 11.1 Å². The molecule has 1 aromatic carbocycles. The number of hydrogen-bond donors (Lipinski definition) is 4. The third-order valence-electron chi connectivity index (χ3n) is 2.50. The minimum absolute atomic E-state index is 0.0684. The number of carbonyl (C=O) groups excluding carboxylic acids is 1. The second-order valence-corrected chi connectivity index (χ2v) is 3.97. The second-order valence-electron chi connectivity index (χ2n) is 3.97. The van der Waals surface area contributed by atoms with Gasteiger partial charge >= 0.3 is 5.97 Å². The van der Waals surface area contributed by atoms with Crippen LogP contribution in [0.4, 0.5) is 11.4 Å². The number of anilines is 2. The fourth-order valence-electron chi connectivity index (χ4n) is 1.54. The molecule has 2 rings (SSSR count). The van der Waals surface area contributed by atoms with Crippen molar-refractivity contribution in [2.24, 2.45) is 0 Å². The first kappa shape index (κ1) is 13.3. The van der Waals surface area contributed by atoms with Crippen molar-refractivity contribution in [3.8, 4) is 5.75 Å². The van der Waals surface area contributed by atoms with E-state index < -0.39 is 11.9 Å². The van der Waals surface area contributed by atoms with Gasteiger partial charge in [0.1, 0.15) is 11.4 Å². The van der Waals surface area contributed by atoms with Gasteiger partial charge in [-0.25, -0.2) is 9.78 Å². The number of rotatable bonds is 3. The van der Waals surface area contributed by atoms with E-state index in [1.54, 1.807) is 0 Å². The summed E-state index contributed by atoms with van der Waals surface area (Å²) in [6.07, 6.45) is 1.32. The number of carboxylic acid groups (broad SMARTS) is 1. The quantitative estimate of drug-likeness (QED) is 0.625. The molecule has 0 fully saturated rings. The van der Waals surface area contributed by atoms with Gasteiger partial charge < -0.3 is 21.3 Å². The average Bonchev–Trinajstić information content (AvgIpc) is 2.41. The SMILES string of the molecule is Nc1ccc(C(=O)Nc2ccc(O)cc2C(=O)O)nc1. The Bertz CT molecular complexity index is 668. The molecule has 5 N–H and O–H groups in total. The molecular formula is C13H11N3O4. The number of aromatic nitrogens is 1. The zero-order valence-corrected chi connectivity index (χ0v) is 10.2. The van der Waals surface area contributed by atoms with Crippen molar-refractivity contribution >= 4 is 23.3 Å². The van der Waals surface area contributed by atoms with Crippen molar-refractivity contribution in [1.29, 1.82) is 0 Å². The highest BCUT2D eigenvalue weighted by atomic mass is 16.4. The molecule has 0 atom stereocenters. The van der Waals surface area contributed by atoms with E-state index in [-0.39, 0.29) is 22.7 Å². The van der Waals surface area contributed by atoms with E-state index in [1.165, 1.54) is 30.5 Å². The molecule has 0 spiro atoms. The third-order valence-corrected chi connectivity index (χ3v) is 2.50. The number of benzene rings is 1. The van der Waals surface area contributed by atoms with Gasteiger partial charge in [-0.1, -0.05) is 0 Å². The molecule has 7 heteroatoms. The third kappa shape index (κ3) is 2.83. The van der Waals surface area contributed by atoms with Crippen LogP contribution in [0.3, 0.4) is 0 Å². The lowest BCUT2D eigenvalue weighted by Crippen LogP contribution is -2.16. The van der Waals surface area contributed by atoms with Gasteiger partial charge in [0.25, 0.3) is 5.91 Å². The van der Waals surface area contributed by atoms with Crippen LogP contribution in [0.25, 0.3) is 0 Å². The number of aromatic hydroxyl groups is 1. The first-order chi connectivity index (χ1) is 9.47. The number of aromatic carboxylic acids is 1. The van der Waals surface area contributed by atoms with Gasteiger partial charge in [0.2, 0.25) is 0 Å². The summed E-state index contributed by atoms with van der Waals surface area (Å²) in [5.74, 6) is -2.04. The number of amides is 1. The Morgan fingerprint density at radius 3 is 2.55 bits per heavy atom. The predicted molar refractivity (Wildman–Crippen MR) is 71.7 cm³/mol. The minimum atomic E-state index is -1.26. The second kappa shape index (κ2) is 5.27. The van der Waals surface area contributed by atoms with Crippen LogP contribution in [0.5, 0.6) is 5.75 Å². The number of nitrogens with one attached hydrogen (secondary N) is 1. The molecule has 1 amide bonds. The van der Waals surface area contributed by atoms with Crippen LogP contribution in [0, 0.1) is 0 Å². The number of nitrogens with zero attached hydrogens (tertiary/aromatic N) is 1. The number of nitrogen functional groups attached to an aromatic ring is 1. The number of carbonyl (C=O) groups is 2. The number of nitrogens with two attached hydrogens (primary N) is 1. The number of hydrogen-bond acceptors (Lipinski definition) is 5. The topological polar surface area (TPSA) is 126 Å². The summed E-state index contributed by atoms with van der Waals surface area (Å²) in [4.78, 5) is 26.8. The molecule has 20 heavy (non-hydrogen) atoms.